The molecule has 1 N–H and O–H groups in total. The lowest BCUT2D eigenvalue weighted by Gasteiger charge is -2.28. The van der Waals surface area contributed by atoms with Crippen LogP contribution in [-0.2, 0) is 6.54 Å². The molecule has 0 heterocycles. The first kappa shape index (κ1) is 14.5. The Morgan fingerprint density at radius 2 is 2.10 bits per heavy atom. The van der Waals surface area contributed by atoms with E-state index in [0.717, 1.165) is 11.8 Å². The Morgan fingerprint density at radius 1 is 1.30 bits per heavy atom. The quantitative estimate of drug-likeness (QED) is 0.785. The third-order valence-electron chi connectivity index (χ3n) is 5.17. The van der Waals surface area contributed by atoms with Crippen LogP contribution in [0.25, 0.3) is 0 Å². The van der Waals surface area contributed by atoms with Crippen molar-refractivity contribution in [1.82, 2.24) is 5.32 Å². The van der Waals surface area contributed by atoms with Crippen molar-refractivity contribution in [2.24, 2.45) is 17.8 Å². The lowest BCUT2D eigenvalue weighted by Crippen LogP contribution is -2.36. The fraction of sp³-hybridized carbons (Fsp3) is 0.625. The predicted molar refractivity (Wildman–Crippen MR) is 79.3 cm³/mol. The topological polar surface area (TPSA) is 12.0 Å². The van der Waals surface area contributed by atoms with Crippen molar-refractivity contribution in [1.29, 1.82) is 0 Å². The average molecular weight is 344 g/mol. The number of fused-ring (bicyclic) bond motifs is 2. The summed E-state index contributed by atoms with van der Waals surface area (Å²) in [4.78, 5) is 0. The number of benzene rings is 1. The smallest absolute Gasteiger partial charge is 0.144 e. The third kappa shape index (κ3) is 2.64. The minimum absolute atomic E-state index is 0.134. The molecule has 2 aliphatic rings. The molecule has 1 nitrogen and oxygen atoms in total. The summed E-state index contributed by atoms with van der Waals surface area (Å²) >= 11 is 3.11. The van der Waals surface area contributed by atoms with Gasteiger partial charge in [0.05, 0.1) is 4.47 Å². The first-order valence-electron chi connectivity index (χ1n) is 7.42. The fourth-order valence-electron chi connectivity index (χ4n) is 4.05. The highest BCUT2D eigenvalue weighted by Gasteiger charge is 2.41. The van der Waals surface area contributed by atoms with Crippen LogP contribution in [-0.4, -0.2) is 6.04 Å². The van der Waals surface area contributed by atoms with Gasteiger partial charge in [0.15, 0.2) is 0 Å². The summed E-state index contributed by atoms with van der Waals surface area (Å²) in [6.07, 6.45) is 5.35. The van der Waals surface area contributed by atoms with Crippen LogP contribution in [0.5, 0.6) is 0 Å². The van der Waals surface area contributed by atoms with E-state index in [9.17, 15) is 8.78 Å². The van der Waals surface area contributed by atoms with Gasteiger partial charge in [-0.15, -0.1) is 0 Å². The summed E-state index contributed by atoms with van der Waals surface area (Å²) < 4.78 is 27.9. The van der Waals surface area contributed by atoms with Crippen molar-refractivity contribution in [3.63, 3.8) is 0 Å². The molecule has 4 heteroatoms. The van der Waals surface area contributed by atoms with Gasteiger partial charge in [0.1, 0.15) is 11.6 Å². The van der Waals surface area contributed by atoms with Crippen molar-refractivity contribution in [2.45, 2.75) is 45.2 Å². The van der Waals surface area contributed by atoms with Gasteiger partial charge in [0.25, 0.3) is 0 Å². The van der Waals surface area contributed by atoms with E-state index in [0.29, 0.717) is 16.4 Å². The molecule has 4 unspecified atom stereocenters. The summed E-state index contributed by atoms with van der Waals surface area (Å²) in [5.74, 6) is 1.43. The van der Waals surface area contributed by atoms with Crippen molar-refractivity contribution >= 4 is 15.9 Å². The number of rotatable bonds is 4. The molecule has 2 fully saturated rings. The average Bonchev–Trinajstić information content (AvgIpc) is 3.05. The fourth-order valence-corrected chi connectivity index (χ4v) is 4.42. The van der Waals surface area contributed by atoms with Gasteiger partial charge >= 0.3 is 0 Å². The van der Waals surface area contributed by atoms with Crippen LogP contribution in [0.15, 0.2) is 16.6 Å². The van der Waals surface area contributed by atoms with Gasteiger partial charge in [-0.1, -0.05) is 6.42 Å². The minimum atomic E-state index is -0.488. The van der Waals surface area contributed by atoms with Crippen LogP contribution in [0.3, 0.4) is 0 Å². The summed E-state index contributed by atoms with van der Waals surface area (Å²) in [5.41, 5.74) is 0.134. The van der Waals surface area contributed by atoms with Gasteiger partial charge in [0.2, 0.25) is 0 Å². The molecule has 0 spiro atoms. The Kier molecular flexibility index (Phi) is 4.14. The third-order valence-corrected chi connectivity index (χ3v) is 5.79. The first-order valence-corrected chi connectivity index (χ1v) is 8.21. The summed E-state index contributed by atoms with van der Waals surface area (Å²) in [6, 6.07) is 3.04. The molecular weight excluding hydrogens is 324 g/mol. The Morgan fingerprint density at radius 3 is 2.75 bits per heavy atom. The zero-order valence-electron chi connectivity index (χ0n) is 11.6. The van der Waals surface area contributed by atoms with Crippen LogP contribution in [0.2, 0.25) is 0 Å². The van der Waals surface area contributed by atoms with E-state index in [-0.39, 0.29) is 12.1 Å². The monoisotopic (exact) mass is 343 g/mol. The van der Waals surface area contributed by atoms with E-state index in [1.807, 2.05) is 0 Å². The van der Waals surface area contributed by atoms with Crippen molar-refractivity contribution in [2.75, 3.05) is 0 Å². The Hall–Kier alpha value is -0.480. The van der Waals surface area contributed by atoms with Crippen LogP contribution in [0.1, 0.15) is 38.2 Å². The predicted octanol–water partition coefficient (Wildman–Crippen LogP) is 4.64. The lowest BCUT2D eigenvalue weighted by atomic mass is 9.84. The molecule has 2 saturated carbocycles. The number of hydrogen-bond acceptors (Lipinski definition) is 1. The molecule has 1 aromatic rings. The SMILES string of the molecule is CC(NCc1c(F)ccc(Br)c1F)C1CC2CCC1C2. The zero-order chi connectivity index (χ0) is 14.3. The largest absolute Gasteiger partial charge is 0.310 e. The maximum Gasteiger partial charge on any atom is 0.144 e. The maximum absolute atomic E-state index is 13.9. The minimum Gasteiger partial charge on any atom is -0.310 e. The highest BCUT2D eigenvalue weighted by atomic mass is 79.9. The van der Waals surface area contributed by atoms with Crippen LogP contribution >= 0.6 is 15.9 Å². The van der Waals surface area contributed by atoms with E-state index in [4.69, 9.17) is 0 Å². The van der Waals surface area contributed by atoms with Gasteiger partial charge in [-0.3, -0.25) is 0 Å². The van der Waals surface area contributed by atoms with Gasteiger partial charge < -0.3 is 5.32 Å². The maximum atomic E-state index is 13.9. The molecule has 3 rings (SSSR count). The number of hydrogen-bond donors (Lipinski definition) is 1. The second kappa shape index (κ2) is 5.72. The van der Waals surface area contributed by atoms with E-state index in [1.54, 1.807) is 0 Å². The highest BCUT2D eigenvalue weighted by molar-refractivity contribution is 9.10. The lowest BCUT2D eigenvalue weighted by molar-refractivity contribution is 0.258. The van der Waals surface area contributed by atoms with Crippen LogP contribution in [0, 0.1) is 29.4 Å². The molecule has 2 aliphatic carbocycles. The molecule has 2 bridgehead atoms. The van der Waals surface area contributed by atoms with E-state index < -0.39 is 11.6 Å². The summed E-state index contributed by atoms with van der Waals surface area (Å²) in [5, 5.41) is 3.33. The molecule has 110 valence electrons. The Balaban J connectivity index is 1.63. The van der Waals surface area contributed by atoms with Crippen molar-refractivity contribution in [3.05, 3.63) is 33.8 Å². The Bertz CT molecular complexity index is 505. The molecule has 0 aromatic heterocycles. The second-order valence-electron chi connectivity index (χ2n) is 6.33. The van der Waals surface area contributed by atoms with Crippen LogP contribution < -0.4 is 5.32 Å². The highest BCUT2D eigenvalue weighted by Crippen LogP contribution is 2.49. The van der Waals surface area contributed by atoms with Gasteiger partial charge in [-0.05, 0) is 72.0 Å². The molecule has 0 radical (unpaired) electrons. The molecule has 0 saturated heterocycles. The molecule has 4 atom stereocenters. The molecule has 0 amide bonds. The van der Waals surface area contributed by atoms with Crippen LogP contribution in [0.4, 0.5) is 8.78 Å². The summed E-state index contributed by atoms with van der Waals surface area (Å²) in [7, 11) is 0. The van der Waals surface area contributed by atoms with Gasteiger partial charge in [-0.2, -0.15) is 0 Å². The molecule has 20 heavy (non-hydrogen) atoms. The van der Waals surface area contributed by atoms with Gasteiger partial charge in [0, 0.05) is 18.2 Å². The molecule has 0 aliphatic heterocycles. The Labute approximate surface area is 127 Å². The number of nitrogens with one attached hydrogen (secondary N) is 1. The first-order chi connectivity index (χ1) is 9.56. The zero-order valence-corrected chi connectivity index (χ0v) is 13.2. The van der Waals surface area contributed by atoms with Gasteiger partial charge in [-0.25, -0.2) is 8.78 Å². The standard InChI is InChI=1S/C16H20BrF2N/c1-9(12-7-10-2-3-11(12)6-10)20-8-13-15(18)5-4-14(17)16(13)19/h4-5,9-12,20H,2-3,6-8H2,1H3. The normalized spacial score (nSPS) is 29.9. The molecule has 1 aromatic carbocycles. The van der Waals surface area contributed by atoms with Crippen molar-refractivity contribution in [3.8, 4) is 0 Å². The second-order valence-corrected chi connectivity index (χ2v) is 7.18. The summed E-state index contributed by atoms with van der Waals surface area (Å²) in [6.45, 7) is 2.41. The number of halogens is 3. The van der Waals surface area contributed by atoms with Crippen molar-refractivity contribution < 1.29 is 8.78 Å². The van der Waals surface area contributed by atoms with E-state index in [2.05, 4.69) is 28.2 Å². The van der Waals surface area contributed by atoms with E-state index in [1.165, 1.54) is 37.8 Å². The van der Waals surface area contributed by atoms with E-state index >= 15 is 0 Å². The molecular formula is C16H20BrF2N.